The number of rotatable bonds is 2. The highest BCUT2D eigenvalue weighted by molar-refractivity contribution is 5.93. The summed E-state index contributed by atoms with van der Waals surface area (Å²) in [6.45, 7) is 0. The minimum Gasteiger partial charge on any atom is -0.366 e. The van der Waals surface area contributed by atoms with Gasteiger partial charge in [-0.25, -0.2) is 4.39 Å². The first-order valence-electron chi connectivity index (χ1n) is 4.67. The predicted molar refractivity (Wildman–Crippen MR) is 58.1 cm³/mol. The van der Waals surface area contributed by atoms with E-state index in [4.69, 9.17) is 5.73 Å². The zero-order chi connectivity index (χ0) is 11.5. The molecule has 0 aliphatic rings. The highest BCUT2D eigenvalue weighted by Crippen LogP contribution is 2.19. The molecule has 0 saturated carbocycles. The number of benzene rings is 1. The van der Waals surface area contributed by atoms with Crippen molar-refractivity contribution in [3.63, 3.8) is 0 Å². The van der Waals surface area contributed by atoms with Gasteiger partial charge in [0.25, 0.3) is 0 Å². The predicted octanol–water partition coefficient (Wildman–Crippen LogP) is 1.99. The summed E-state index contributed by atoms with van der Waals surface area (Å²) < 4.78 is 13.0. The standard InChI is InChI=1S/C12H9FN2O/c13-11-3-1-2-8(5-11)9-4-10(12(14)16)7-15-6-9/h1-7H,(H2,14,16). The number of halogens is 1. The number of nitrogens with zero attached hydrogens (tertiary/aromatic N) is 1. The molecule has 0 spiro atoms. The SMILES string of the molecule is NC(=O)c1cncc(-c2cccc(F)c2)c1. The molecule has 16 heavy (non-hydrogen) atoms. The topological polar surface area (TPSA) is 56.0 Å². The lowest BCUT2D eigenvalue weighted by atomic mass is 10.1. The van der Waals surface area contributed by atoms with Gasteiger partial charge < -0.3 is 5.73 Å². The van der Waals surface area contributed by atoms with Crippen molar-refractivity contribution in [2.45, 2.75) is 0 Å². The van der Waals surface area contributed by atoms with Crippen LogP contribution in [0.15, 0.2) is 42.7 Å². The van der Waals surface area contributed by atoms with E-state index in [0.29, 0.717) is 16.7 Å². The van der Waals surface area contributed by atoms with Crippen LogP contribution in [0.1, 0.15) is 10.4 Å². The summed E-state index contributed by atoms with van der Waals surface area (Å²) in [5, 5.41) is 0. The largest absolute Gasteiger partial charge is 0.366 e. The van der Waals surface area contributed by atoms with Crippen molar-refractivity contribution >= 4 is 5.91 Å². The molecule has 2 aromatic rings. The highest BCUT2D eigenvalue weighted by Gasteiger charge is 2.04. The van der Waals surface area contributed by atoms with Gasteiger partial charge in [0.05, 0.1) is 5.56 Å². The van der Waals surface area contributed by atoms with Crippen molar-refractivity contribution in [1.82, 2.24) is 4.98 Å². The van der Waals surface area contributed by atoms with Crippen LogP contribution in [0.25, 0.3) is 11.1 Å². The first kappa shape index (κ1) is 10.3. The minimum absolute atomic E-state index is 0.307. The summed E-state index contributed by atoms with van der Waals surface area (Å²) in [6.07, 6.45) is 2.94. The van der Waals surface area contributed by atoms with Crippen molar-refractivity contribution in [3.05, 3.63) is 54.1 Å². The van der Waals surface area contributed by atoms with Crippen LogP contribution in [0.3, 0.4) is 0 Å². The number of hydrogen-bond acceptors (Lipinski definition) is 2. The van der Waals surface area contributed by atoms with Gasteiger partial charge in [0.2, 0.25) is 5.91 Å². The second-order valence-electron chi connectivity index (χ2n) is 3.34. The van der Waals surface area contributed by atoms with Gasteiger partial charge in [-0.3, -0.25) is 9.78 Å². The average molecular weight is 216 g/mol. The number of nitrogens with two attached hydrogens (primary N) is 1. The molecule has 0 atom stereocenters. The maximum absolute atomic E-state index is 13.0. The maximum Gasteiger partial charge on any atom is 0.250 e. The van der Waals surface area contributed by atoms with Crippen molar-refractivity contribution in [3.8, 4) is 11.1 Å². The monoisotopic (exact) mass is 216 g/mol. The van der Waals surface area contributed by atoms with Crippen molar-refractivity contribution in [2.75, 3.05) is 0 Å². The Morgan fingerprint density at radius 2 is 2.00 bits per heavy atom. The summed E-state index contributed by atoms with van der Waals surface area (Å²) in [6, 6.07) is 7.66. The second kappa shape index (κ2) is 4.10. The lowest BCUT2D eigenvalue weighted by Gasteiger charge is -2.02. The Kier molecular flexibility index (Phi) is 2.64. The lowest BCUT2D eigenvalue weighted by molar-refractivity contribution is 0.1000. The lowest BCUT2D eigenvalue weighted by Crippen LogP contribution is -2.11. The van der Waals surface area contributed by atoms with Crippen LogP contribution in [-0.4, -0.2) is 10.9 Å². The van der Waals surface area contributed by atoms with E-state index in [1.54, 1.807) is 24.4 Å². The number of carbonyl (C=O) groups excluding carboxylic acids is 1. The zero-order valence-corrected chi connectivity index (χ0v) is 8.35. The van der Waals surface area contributed by atoms with Crippen molar-refractivity contribution in [2.24, 2.45) is 5.73 Å². The van der Waals surface area contributed by atoms with Crippen LogP contribution >= 0.6 is 0 Å². The number of carbonyl (C=O) groups is 1. The van der Waals surface area contributed by atoms with Gasteiger partial charge in [-0.2, -0.15) is 0 Å². The van der Waals surface area contributed by atoms with E-state index in [9.17, 15) is 9.18 Å². The second-order valence-corrected chi connectivity index (χ2v) is 3.34. The number of amides is 1. The molecule has 0 saturated heterocycles. The van der Waals surface area contributed by atoms with Gasteiger partial charge in [-0.15, -0.1) is 0 Å². The van der Waals surface area contributed by atoms with Gasteiger partial charge in [-0.1, -0.05) is 12.1 Å². The van der Waals surface area contributed by atoms with Gasteiger partial charge in [0, 0.05) is 18.0 Å². The van der Waals surface area contributed by atoms with Crippen LogP contribution in [-0.2, 0) is 0 Å². The Morgan fingerprint density at radius 1 is 1.19 bits per heavy atom. The molecule has 0 radical (unpaired) electrons. The fourth-order valence-electron chi connectivity index (χ4n) is 1.40. The van der Waals surface area contributed by atoms with Crippen LogP contribution in [0.4, 0.5) is 4.39 Å². The van der Waals surface area contributed by atoms with E-state index >= 15 is 0 Å². The molecule has 2 N–H and O–H groups in total. The van der Waals surface area contributed by atoms with Crippen LogP contribution in [0.5, 0.6) is 0 Å². The van der Waals surface area contributed by atoms with Gasteiger partial charge in [-0.05, 0) is 23.8 Å². The maximum atomic E-state index is 13.0. The first-order valence-corrected chi connectivity index (χ1v) is 4.67. The molecular formula is C12H9FN2O. The molecule has 1 aromatic heterocycles. The highest BCUT2D eigenvalue weighted by atomic mass is 19.1. The molecule has 1 amide bonds. The fraction of sp³-hybridized carbons (Fsp3) is 0. The van der Waals surface area contributed by atoms with Crippen molar-refractivity contribution < 1.29 is 9.18 Å². The number of pyridine rings is 1. The fourth-order valence-corrected chi connectivity index (χ4v) is 1.40. The minimum atomic E-state index is -0.550. The summed E-state index contributed by atoms with van der Waals surface area (Å²) in [7, 11) is 0. The average Bonchev–Trinajstić information content (AvgIpc) is 2.29. The quantitative estimate of drug-likeness (QED) is 0.834. The van der Waals surface area contributed by atoms with E-state index in [1.165, 1.54) is 18.3 Å². The van der Waals surface area contributed by atoms with Gasteiger partial charge in [0.1, 0.15) is 5.82 Å². The Morgan fingerprint density at radius 3 is 2.69 bits per heavy atom. The third-order valence-electron chi connectivity index (χ3n) is 2.18. The third kappa shape index (κ3) is 2.06. The summed E-state index contributed by atoms with van der Waals surface area (Å²) >= 11 is 0. The van der Waals surface area contributed by atoms with Crippen LogP contribution < -0.4 is 5.73 Å². The molecule has 0 aliphatic heterocycles. The molecule has 1 aromatic carbocycles. The molecule has 3 nitrogen and oxygen atoms in total. The Hall–Kier alpha value is -2.23. The summed E-state index contributed by atoms with van der Waals surface area (Å²) in [5.74, 6) is -0.882. The normalized spacial score (nSPS) is 10.1. The molecular weight excluding hydrogens is 207 g/mol. The number of primary amides is 1. The molecule has 0 fully saturated rings. The molecule has 2 rings (SSSR count). The molecule has 0 bridgehead atoms. The van der Waals surface area contributed by atoms with E-state index in [1.807, 2.05) is 0 Å². The molecule has 4 heteroatoms. The smallest absolute Gasteiger partial charge is 0.250 e. The molecule has 1 heterocycles. The van der Waals surface area contributed by atoms with E-state index in [2.05, 4.69) is 4.98 Å². The third-order valence-corrected chi connectivity index (χ3v) is 2.18. The number of hydrogen-bond donors (Lipinski definition) is 1. The molecule has 0 unspecified atom stereocenters. The number of aromatic nitrogens is 1. The zero-order valence-electron chi connectivity index (χ0n) is 8.35. The molecule has 80 valence electrons. The van der Waals surface area contributed by atoms with Crippen LogP contribution in [0, 0.1) is 5.82 Å². The Labute approximate surface area is 91.7 Å². The van der Waals surface area contributed by atoms with E-state index in [0.717, 1.165) is 0 Å². The summed E-state index contributed by atoms with van der Waals surface area (Å²) in [5.41, 5.74) is 6.77. The molecule has 0 aliphatic carbocycles. The van der Waals surface area contributed by atoms with E-state index < -0.39 is 5.91 Å². The van der Waals surface area contributed by atoms with Gasteiger partial charge >= 0.3 is 0 Å². The Bertz CT molecular complexity index is 540. The van der Waals surface area contributed by atoms with Crippen molar-refractivity contribution in [1.29, 1.82) is 0 Å². The summed E-state index contributed by atoms with van der Waals surface area (Å²) in [4.78, 5) is 14.8. The Balaban J connectivity index is 2.48. The van der Waals surface area contributed by atoms with Crippen LogP contribution in [0.2, 0.25) is 0 Å². The van der Waals surface area contributed by atoms with E-state index in [-0.39, 0.29) is 5.82 Å². The first-order chi connectivity index (χ1) is 7.66. The van der Waals surface area contributed by atoms with Gasteiger partial charge in [0.15, 0.2) is 0 Å².